The lowest BCUT2D eigenvalue weighted by Gasteiger charge is -2.20. The normalized spacial score (nSPS) is 13.8. The molecule has 0 aromatic rings. The van der Waals surface area contributed by atoms with Gasteiger partial charge in [-0.25, -0.2) is 0 Å². The fourth-order valence-corrected chi connectivity index (χ4v) is 4.10. The molecule has 3 unspecified atom stereocenters. The SMILES string of the molecule is CCCCCCCCCCC(=O)OCC(C)OCC(C)OCC(C)OC(=O)CCCCCCCCCC. The van der Waals surface area contributed by atoms with Crippen LogP contribution in [0.2, 0.25) is 0 Å². The summed E-state index contributed by atoms with van der Waals surface area (Å²) in [5, 5.41) is 0. The molecule has 0 saturated heterocycles. The van der Waals surface area contributed by atoms with Crippen molar-refractivity contribution in [3.8, 4) is 0 Å². The molecule has 3 atom stereocenters. The van der Waals surface area contributed by atoms with E-state index in [0.29, 0.717) is 26.1 Å². The van der Waals surface area contributed by atoms with Crippen LogP contribution >= 0.6 is 0 Å². The minimum Gasteiger partial charge on any atom is -0.463 e. The molecule has 0 amide bonds. The van der Waals surface area contributed by atoms with Gasteiger partial charge in [-0.2, -0.15) is 0 Å². The lowest BCUT2D eigenvalue weighted by Crippen LogP contribution is -2.28. The van der Waals surface area contributed by atoms with Crippen LogP contribution in [0.15, 0.2) is 0 Å². The van der Waals surface area contributed by atoms with E-state index in [1.807, 2.05) is 20.8 Å². The molecule has 0 aromatic heterocycles. The molecule has 6 nitrogen and oxygen atoms in total. The Kier molecular flexibility index (Phi) is 25.7. The van der Waals surface area contributed by atoms with Gasteiger partial charge >= 0.3 is 11.9 Å². The lowest BCUT2D eigenvalue weighted by atomic mass is 10.1. The van der Waals surface area contributed by atoms with Crippen molar-refractivity contribution in [3.63, 3.8) is 0 Å². The van der Waals surface area contributed by atoms with Crippen molar-refractivity contribution in [2.45, 2.75) is 169 Å². The maximum Gasteiger partial charge on any atom is 0.306 e. The van der Waals surface area contributed by atoms with Gasteiger partial charge in [-0.1, -0.05) is 104 Å². The number of ether oxygens (including phenoxy) is 4. The van der Waals surface area contributed by atoms with E-state index in [1.165, 1.54) is 77.0 Å². The standard InChI is InChI=1S/C31H60O6/c1-6-8-10-12-14-16-18-20-22-30(32)36-25-28(4)34-24-27(3)35-26-29(5)37-31(33)23-21-19-17-15-13-11-9-7-2/h27-29H,6-26H2,1-5H3. The highest BCUT2D eigenvalue weighted by atomic mass is 16.6. The van der Waals surface area contributed by atoms with E-state index in [4.69, 9.17) is 18.9 Å². The maximum atomic E-state index is 12.0. The molecule has 0 spiro atoms. The van der Waals surface area contributed by atoms with Crippen LogP contribution in [-0.2, 0) is 28.5 Å². The van der Waals surface area contributed by atoms with E-state index in [-0.39, 0.29) is 36.9 Å². The summed E-state index contributed by atoms with van der Waals surface area (Å²) in [5.74, 6) is -0.290. The fourth-order valence-electron chi connectivity index (χ4n) is 4.10. The van der Waals surface area contributed by atoms with E-state index >= 15 is 0 Å². The van der Waals surface area contributed by atoms with Crippen LogP contribution in [0.4, 0.5) is 0 Å². The number of hydrogen-bond acceptors (Lipinski definition) is 6. The smallest absolute Gasteiger partial charge is 0.306 e. The van der Waals surface area contributed by atoms with E-state index in [1.54, 1.807) is 0 Å². The molecule has 0 aliphatic rings. The van der Waals surface area contributed by atoms with Crippen LogP contribution in [0.1, 0.15) is 150 Å². The van der Waals surface area contributed by atoms with Crippen LogP contribution in [-0.4, -0.2) is 50.1 Å². The Morgan fingerprint density at radius 1 is 0.486 bits per heavy atom. The summed E-state index contributed by atoms with van der Waals surface area (Å²) in [7, 11) is 0. The first kappa shape index (κ1) is 35.9. The van der Waals surface area contributed by atoms with Crippen LogP contribution < -0.4 is 0 Å². The second-order valence-electron chi connectivity index (χ2n) is 10.7. The molecule has 6 heteroatoms. The molecular formula is C31H60O6. The Hall–Kier alpha value is -1.14. The third kappa shape index (κ3) is 26.3. The van der Waals surface area contributed by atoms with Gasteiger partial charge in [0.25, 0.3) is 0 Å². The Labute approximate surface area is 228 Å². The van der Waals surface area contributed by atoms with Gasteiger partial charge < -0.3 is 18.9 Å². The number of rotatable bonds is 27. The van der Waals surface area contributed by atoms with Crippen molar-refractivity contribution in [2.75, 3.05) is 19.8 Å². The van der Waals surface area contributed by atoms with Crippen molar-refractivity contribution < 1.29 is 28.5 Å². The first-order valence-corrected chi connectivity index (χ1v) is 15.5. The molecule has 0 aliphatic carbocycles. The Morgan fingerprint density at radius 3 is 1.35 bits per heavy atom. The molecular weight excluding hydrogens is 468 g/mol. The molecule has 0 saturated carbocycles. The molecule has 220 valence electrons. The van der Waals surface area contributed by atoms with Gasteiger partial charge in [0.15, 0.2) is 0 Å². The van der Waals surface area contributed by atoms with E-state index in [0.717, 1.165) is 25.7 Å². The molecule has 0 aliphatic heterocycles. The zero-order chi connectivity index (χ0) is 27.6. The number of carbonyl (C=O) groups excluding carboxylic acids is 2. The van der Waals surface area contributed by atoms with Crippen LogP contribution in [0, 0.1) is 0 Å². The highest BCUT2D eigenvalue weighted by Crippen LogP contribution is 2.12. The minimum atomic E-state index is -0.279. The highest BCUT2D eigenvalue weighted by Gasteiger charge is 2.14. The third-order valence-corrected chi connectivity index (χ3v) is 6.51. The average molecular weight is 529 g/mol. The van der Waals surface area contributed by atoms with Crippen LogP contribution in [0.3, 0.4) is 0 Å². The van der Waals surface area contributed by atoms with Gasteiger partial charge in [-0.15, -0.1) is 0 Å². The number of carbonyl (C=O) groups is 2. The van der Waals surface area contributed by atoms with Crippen LogP contribution in [0.25, 0.3) is 0 Å². The predicted octanol–water partition coefficient (Wildman–Crippen LogP) is 8.33. The van der Waals surface area contributed by atoms with E-state index in [2.05, 4.69) is 13.8 Å². The number of unbranched alkanes of at least 4 members (excludes halogenated alkanes) is 14. The van der Waals surface area contributed by atoms with E-state index in [9.17, 15) is 9.59 Å². The van der Waals surface area contributed by atoms with Gasteiger partial charge in [-0.3, -0.25) is 9.59 Å². The third-order valence-electron chi connectivity index (χ3n) is 6.51. The molecule has 0 N–H and O–H groups in total. The summed E-state index contributed by atoms with van der Waals surface area (Å²) in [6.45, 7) is 11.1. The summed E-state index contributed by atoms with van der Waals surface area (Å²) < 4.78 is 22.3. The minimum absolute atomic E-state index is 0.135. The highest BCUT2D eigenvalue weighted by molar-refractivity contribution is 5.69. The molecule has 0 heterocycles. The Morgan fingerprint density at radius 2 is 0.865 bits per heavy atom. The Bertz CT molecular complexity index is 524. The van der Waals surface area contributed by atoms with Crippen LogP contribution in [0.5, 0.6) is 0 Å². The molecule has 0 aromatic carbocycles. The summed E-state index contributed by atoms with van der Waals surface area (Å²) in [6, 6.07) is 0. The van der Waals surface area contributed by atoms with Gasteiger partial charge in [0, 0.05) is 12.8 Å². The summed E-state index contributed by atoms with van der Waals surface area (Å²) in [6.07, 6.45) is 19.7. The van der Waals surface area contributed by atoms with E-state index < -0.39 is 0 Å². The Balaban J connectivity index is 3.66. The van der Waals surface area contributed by atoms with Gasteiger partial charge in [0.05, 0.1) is 25.4 Å². The predicted molar refractivity (Wildman–Crippen MR) is 152 cm³/mol. The monoisotopic (exact) mass is 528 g/mol. The second kappa shape index (κ2) is 26.5. The fraction of sp³-hybridized carbons (Fsp3) is 0.935. The zero-order valence-corrected chi connectivity index (χ0v) is 25.0. The van der Waals surface area contributed by atoms with Gasteiger partial charge in [-0.05, 0) is 33.6 Å². The number of hydrogen-bond donors (Lipinski definition) is 0. The largest absolute Gasteiger partial charge is 0.463 e. The zero-order valence-electron chi connectivity index (χ0n) is 25.0. The van der Waals surface area contributed by atoms with Crippen molar-refractivity contribution in [3.05, 3.63) is 0 Å². The lowest BCUT2D eigenvalue weighted by molar-refractivity contribution is -0.154. The molecule has 0 bridgehead atoms. The summed E-state index contributed by atoms with van der Waals surface area (Å²) >= 11 is 0. The first-order valence-electron chi connectivity index (χ1n) is 15.5. The summed E-state index contributed by atoms with van der Waals surface area (Å²) in [4.78, 5) is 23.9. The van der Waals surface area contributed by atoms with Gasteiger partial charge in [0.1, 0.15) is 12.7 Å². The molecule has 0 rings (SSSR count). The first-order chi connectivity index (χ1) is 17.9. The molecule has 0 fully saturated rings. The second-order valence-corrected chi connectivity index (χ2v) is 10.7. The molecule has 0 radical (unpaired) electrons. The quantitative estimate of drug-likeness (QED) is 0.0788. The van der Waals surface area contributed by atoms with Crippen molar-refractivity contribution in [2.24, 2.45) is 0 Å². The summed E-state index contributed by atoms with van der Waals surface area (Å²) in [5.41, 5.74) is 0. The van der Waals surface area contributed by atoms with Crippen molar-refractivity contribution in [1.82, 2.24) is 0 Å². The van der Waals surface area contributed by atoms with Crippen molar-refractivity contribution >= 4 is 11.9 Å². The van der Waals surface area contributed by atoms with Crippen molar-refractivity contribution in [1.29, 1.82) is 0 Å². The number of esters is 2. The molecule has 37 heavy (non-hydrogen) atoms. The maximum absolute atomic E-state index is 12.0. The topological polar surface area (TPSA) is 71.1 Å². The average Bonchev–Trinajstić information content (AvgIpc) is 2.88. The van der Waals surface area contributed by atoms with Gasteiger partial charge in [0.2, 0.25) is 0 Å².